The summed E-state index contributed by atoms with van der Waals surface area (Å²) >= 11 is 1.70. The minimum atomic E-state index is -0.00808. The Morgan fingerprint density at radius 3 is 2.68 bits per heavy atom. The Labute approximate surface area is 169 Å². The molecule has 7 nitrogen and oxygen atoms in total. The molecule has 0 radical (unpaired) electrons. The van der Waals surface area contributed by atoms with E-state index in [9.17, 15) is 9.59 Å². The summed E-state index contributed by atoms with van der Waals surface area (Å²) in [5.41, 5.74) is 1.92. The summed E-state index contributed by atoms with van der Waals surface area (Å²) in [5.74, 6) is 1.79. The summed E-state index contributed by atoms with van der Waals surface area (Å²) in [6, 6.07) is 7.94. The number of imidazole rings is 1. The third-order valence-corrected chi connectivity index (χ3v) is 5.38. The Balaban J connectivity index is 1.59. The highest BCUT2D eigenvalue weighted by atomic mass is 32.2. The average Bonchev–Trinajstić information content (AvgIpc) is 3.04. The molecule has 8 heteroatoms. The van der Waals surface area contributed by atoms with Crippen molar-refractivity contribution >= 4 is 34.6 Å². The summed E-state index contributed by atoms with van der Waals surface area (Å²) in [6.45, 7) is 7.42. The molecule has 1 aliphatic heterocycles. The number of amides is 2. The normalized spacial score (nSPS) is 15.0. The number of piperazine rings is 1. The maximum atomic E-state index is 12.9. The SMILES string of the molecule is C=CCNC(=O)CN1CCN(C(=O)Cn2c(CSC)nc3ccccc32)CC1. The fraction of sp³-hybridized carbons (Fsp3) is 0.450. The van der Waals surface area contributed by atoms with Crippen LogP contribution >= 0.6 is 11.8 Å². The number of fused-ring (bicyclic) bond motifs is 1. The number of thioether (sulfide) groups is 1. The van der Waals surface area contributed by atoms with Crippen LogP contribution < -0.4 is 5.32 Å². The topological polar surface area (TPSA) is 70.5 Å². The highest BCUT2D eigenvalue weighted by Gasteiger charge is 2.23. The van der Waals surface area contributed by atoms with Gasteiger partial charge in [0.2, 0.25) is 11.8 Å². The van der Waals surface area contributed by atoms with Crippen molar-refractivity contribution in [3.05, 3.63) is 42.7 Å². The zero-order chi connectivity index (χ0) is 19.9. The van der Waals surface area contributed by atoms with Gasteiger partial charge in [0.25, 0.3) is 0 Å². The first-order valence-electron chi connectivity index (χ1n) is 9.43. The van der Waals surface area contributed by atoms with Crippen molar-refractivity contribution in [3.63, 3.8) is 0 Å². The smallest absolute Gasteiger partial charge is 0.242 e. The number of aromatic nitrogens is 2. The second-order valence-electron chi connectivity index (χ2n) is 6.79. The highest BCUT2D eigenvalue weighted by Crippen LogP contribution is 2.19. The number of nitrogens with one attached hydrogen (secondary N) is 1. The van der Waals surface area contributed by atoms with Crippen molar-refractivity contribution in [1.82, 2.24) is 24.7 Å². The molecule has 1 aromatic carbocycles. The Hall–Kier alpha value is -2.32. The predicted octanol–water partition coefficient (Wildman–Crippen LogP) is 1.35. The number of hydrogen-bond donors (Lipinski definition) is 1. The van der Waals surface area contributed by atoms with E-state index in [1.54, 1.807) is 17.8 Å². The van der Waals surface area contributed by atoms with Crippen molar-refractivity contribution in [2.24, 2.45) is 0 Å². The molecule has 1 N–H and O–H groups in total. The second-order valence-corrected chi connectivity index (χ2v) is 7.65. The van der Waals surface area contributed by atoms with Crippen LogP contribution in [0.4, 0.5) is 0 Å². The molecule has 1 aliphatic rings. The van der Waals surface area contributed by atoms with Gasteiger partial charge in [-0.2, -0.15) is 11.8 Å². The Kier molecular flexibility index (Phi) is 7.11. The van der Waals surface area contributed by atoms with Gasteiger partial charge in [0.15, 0.2) is 0 Å². The maximum absolute atomic E-state index is 12.9. The van der Waals surface area contributed by atoms with Crippen molar-refractivity contribution in [2.75, 3.05) is 45.5 Å². The van der Waals surface area contributed by atoms with Gasteiger partial charge in [0.05, 0.1) is 23.3 Å². The first-order chi connectivity index (χ1) is 13.6. The van der Waals surface area contributed by atoms with Gasteiger partial charge in [-0.25, -0.2) is 4.98 Å². The van der Waals surface area contributed by atoms with Gasteiger partial charge in [-0.05, 0) is 18.4 Å². The van der Waals surface area contributed by atoms with Crippen LogP contribution in [0.15, 0.2) is 36.9 Å². The van der Waals surface area contributed by atoms with Gasteiger partial charge in [-0.1, -0.05) is 18.2 Å². The summed E-state index contributed by atoms with van der Waals surface area (Å²) in [7, 11) is 0. The number of carbonyl (C=O) groups excluding carboxylic acids is 2. The fourth-order valence-electron chi connectivity index (χ4n) is 3.38. The van der Waals surface area contributed by atoms with E-state index in [4.69, 9.17) is 0 Å². The molecule has 28 heavy (non-hydrogen) atoms. The van der Waals surface area contributed by atoms with E-state index >= 15 is 0 Å². The Bertz CT molecular complexity index is 842. The van der Waals surface area contributed by atoms with Gasteiger partial charge in [-0.15, -0.1) is 6.58 Å². The number of nitrogens with zero attached hydrogens (tertiary/aromatic N) is 4. The first-order valence-corrected chi connectivity index (χ1v) is 10.8. The summed E-state index contributed by atoms with van der Waals surface area (Å²) < 4.78 is 2.03. The molecule has 1 aromatic heterocycles. The van der Waals surface area contributed by atoms with Crippen LogP contribution in [-0.4, -0.2) is 76.7 Å². The lowest BCUT2D eigenvalue weighted by Gasteiger charge is -2.34. The molecule has 0 saturated carbocycles. The average molecular weight is 402 g/mol. The molecule has 0 spiro atoms. The lowest BCUT2D eigenvalue weighted by Crippen LogP contribution is -2.51. The Morgan fingerprint density at radius 2 is 1.96 bits per heavy atom. The lowest BCUT2D eigenvalue weighted by atomic mass is 10.3. The van der Waals surface area contributed by atoms with Crippen molar-refractivity contribution in [2.45, 2.75) is 12.3 Å². The summed E-state index contributed by atoms with van der Waals surface area (Å²) in [4.78, 5) is 33.4. The lowest BCUT2D eigenvalue weighted by molar-refractivity contribution is -0.133. The molecule has 1 fully saturated rings. The third kappa shape index (κ3) is 4.94. The molecule has 3 rings (SSSR count). The van der Waals surface area contributed by atoms with Gasteiger partial charge in [0, 0.05) is 32.7 Å². The zero-order valence-electron chi connectivity index (χ0n) is 16.3. The molecule has 2 aromatic rings. The van der Waals surface area contributed by atoms with Crippen molar-refractivity contribution in [3.8, 4) is 0 Å². The van der Waals surface area contributed by atoms with E-state index in [0.29, 0.717) is 45.8 Å². The molecule has 2 heterocycles. The molecule has 2 amide bonds. The number of hydrogen-bond acceptors (Lipinski definition) is 5. The van der Waals surface area contributed by atoms with Crippen molar-refractivity contribution in [1.29, 1.82) is 0 Å². The molecule has 0 unspecified atom stereocenters. The van der Waals surface area contributed by atoms with E-state index in [2.05, 4.69) is 21.8 Å². The van der Waals surface area contributed by atoms with Crippen LogP contribution in [0, 0.1) is 0 Å². The van der Waals surface area contributed by atoms with Gasteiger partial charge in [0.1, 0.15) is 12.4 Å². The maximum Gasteiger partial charge on any atom is 0.242 e. The monoisotopic (exact) mass is 401 g/mol. The molecular weight excluding hydrogens is 374 g/mol. The van der Waals surface area contributed by atoms with Crippen LogP contribution in [0.3, 0.4) is 0 Å². The van der Waals surface area contributed by atoms with Crippen molar-refractivity contribution < 1.29 is 9.59 Å². The van der Waals surface area contributed by atoms with Gasteiger partial charge >= 0.3 is 0 Å². The number of rotatable bonds is 8. The van der Waals surface area contributed by atoms with E-state index < -0.39 is 0 Å². The van der Waals surface area contributed by atoms with E-state index in [-0.39, 0.29) is 11.8 Å². The molecule has 1 saturated heterocycles. The Morgan fingerprint density at radius 1 is 1.21 bits per heavy atom. The van der Waals surface area contributed by atoms with Gasteiger partial charge < -0.3 is 14.8 Å². The quantitative estimate of drug-likeness (QED) is 0.676. The van der Waals surface area contributed by atoms with Crippen LogP contribution in [0.5, 0.6) is 0 Å². The fourth-order valence-corrected chi connectivity index (χ4v) is 3.86. The van der Waals surface area contributed by atoms with Crippen LogP contribution in [0.25, 0.3) is 11.0 Å². The van der Waals surface area contributed by atoms with Crippen LogP contribution in [0.2, 0.25) is 0 Å². The predicted molar refractivity (Wildman–Crippen MR) is 113 cm³/mol. The minimum absolute atomic E-state index is 0.00808. The standard InChI is InChI=1S/C20H27N5O2S/c1-3-8-21-19(26)13-23-9-11-24(12-10-23)20(27)14-25-17-7-5-4-6-16(17)22-18(25)15-28-2/h3-7H,1,8-15H2,2H3,(H,21,26). The largest absolute Gasteiger partial charge is 0.352 e. The van der Waals surface area contributed by atoms with Crippen LogP contribution in [0.1, 0.15) is 5.82 Å². The number of benzene rings is 1. The van der Waals surface area contributed by atoms with Crippen LogP contribution in [-0.2, 0) is 21.9 Å². The molecular formula is C20H27N5O2S. The van der Waals surface area contributed by atoms with Gasteiger partial charge in [-0.3, -0.25) is 14.5 Å². The molecule has 0 bridgehead atoms. The number of para-hydroxylation sites is 2. The number of carbonyl (C=O) groups is 2. The van der Waals surface area contributed by atoms with E-state index in [1.165, 1.54) is 0 Å². The second kappa shape index (κ2) is 9.75. The summed E-state index contributed by atoms with van der Waals surface area (Å²) in [6.07, 6.45) is 3.70. The summed E-state index contributed by atoms with van der Waals surface area (Å²) in [5, 5.41) is 2.79. The first kappa shape index (κ1) is 20.4. The molecule has 150 valence electrons. The molecule has 0 aliphatic carbocycles. The highest BCUT2D eigenvalue weighted by molar-refractivity contribution is 7.97. The third-order valence-electron chi connectivity index (χ3n) is 4.84. The minimum Gasteiger partial charge on any atom is -0.352 e. The van der Waals surface area contributed by atoms with E-state index in [1.807, 2.05) is 40.0 Å². The van der Waals surface area contributed by atoms with E-state index in [0.717, 1.165) is 22.6 Å². The zero-order valence-corrected chi connectivity index (χ0v) is 17.1. The molecule has 0 atom stereocenters.